The lowest BCUT2D eigenvalue weighted by Crippen LogP contribution is -2.17. The summed E-state index contributed by atoms with van der Waals surface area (Å²) >= 11 is 1.57. The molecule has 1 aromatic heterocycles. The highest BCUT2D eigenvalue weighted by Gasteiger charge is 2.23. The van der Waals surface area contributed by atoms with E-state index in [4.69, 9.17) is 4.74 Å². The van der Waals surface area contributed by atoms with Gasteiger partial charge in [0.05, 0.1) is 13.0 Å². The Morgan fingerprint density at radius 2 is 2.30 bits per heavy atom. The molecular formula is C16H17NO2S. The number of fused-ring (bicyclic) bond motifs is 1. The second-order valence-electron chi connectivity index (χ2n) is 5.17. The van der Waals surface area contributed by atoms with E-state index in [1.54, 1.807) is 11.3 Å². The molecule has 104 valence electrons. The molecule has 2 aromatic rings. The van der Waals surface area contributed by atoms with Crippen LogP contribution in [0.5, 0.6) is 5.75 Å². The first-order chi connectivity index (χ1) is 9.72. The molecule has 1 aliphatic rings. The summed E-state index contributed by atoms with van der Waals surface area (Å²) in [7, 11) is 0. The van der Waals surface area contributed by atoms with Crippen LogP contribution in [0.4, 0.5) is 0 Å². The van der Waals surface area contributed by atoms with Crippen LogP contribution in [-0.2, 0) is 11.2 Å². The monoisotopic (exact) mass is 287 g/mol. The smallest absolute Gasteiger partial charge is 0.140 e. The van der Waals surface area contributed by atoms with Crippen molar-refractivity contribution in [2.75, 3.05) is 6.61 Å². The van der Waals surface area contributed by atoms with Crippen LogP contribution in [-0.4, -0.2) is 17.4 Å². The number of carbonyl (C=O) groups is 1. The van der Waals surface area contributed by atoms with Crippen LogP contribution in [0.1, 0.15) is 35.0 Å². The fourth-order valence-corrected chi connectivity index (χ4v) is 3.43. The van der Waals surface area contributed by atoms with Gasteiger partial charge in [-0.3, -0.25) is 4.79 Å². The maximum absolute atomic E-state index is 12.2. The molecule has 0 N–H and O–H groups in total. The van der Waals surface area contributed by atoms with Gasteiger partial charge in [0.15, 0.2) is 0 Å². The molecular weight excluding hydrogens is 270 g/mol. The van der Waals surface area contributed by atoms with E-state index in [1.807, 2.05) is 30.5 Å². The highest BCUT2D eigenvalue weighted by atomic mass is 32.1. The highest BCUT2D eigenvalue weighted by Crippen LogP contribution is 2.35. The van der Waals surface area contributed by atoms with Crippen molar-refractivity contribution in [3.8, 4) is 5.75 Å². The van der Waals surface area contributed by atoms with Crippen LogP contribution < -0.4 is 4.74 Å². The Hall–Kier alpha value is -1.68. The van der Waals surface area contributed by atoms with Gasteiger partial charge in [0, 0.05) is 17.5 Å². The summed E-state index contributed by atoms with van der Waals surface area (Å²) in [6.45, 7) is 2.66. The van der Waals surface area contributed by atoms with Crippen molar-refractivity contribution < 1.29 is 9.53 Å². The van der Waals surface area contributed by atoms with E-state index < -0.39 is 0 Å². The number of aromatic nitrogens is 1. The maximum Gasteiger partial charge on any atom is 0.140 e. The van der Waals surface area contributed by atoms with Crippen molar-refractivity contribution in [1.82, 2.24) is 4.98 Å². The zero-order chi connectivity index (χ0) is 13.9. The number of nitrogens with zero attached hydrogens (tertiary/aromatic N) is 1. The van der Waals surface area contributed by atoms with E-state index in [0.29, 0.717) is 19.4 Å². The second-order valence-corrected chi connectivity index (χ2v) is 6.12. The zero-order valence-electron chi connectivity index (χ0n) is 11.5. The number of carbonyl (C=O) groups excluding carboxylic acids is 1. The van der Waals surface area contributed by atoms with Gasteiger partial charge < -0.3 is 4.74 Å². The van der Waals surface area contributed by atoms with E-state index in [9.17, 15) is 4.79 Å². The Morgan fingerprint density at radius 1 is 1.45 bits per heavy atom. The quantitative estimate of drug-likeness (QED) is 0.863. The molecule has 2 heterocycles. The van der Waals surface area contributed by atoms with Gasteiger partial charge in [-0.1, -0.05) is 18.2 Å². The van der Waals surface area contributed by atoms with E-state index in [2.05, 4.69) is 11.1 Å². The minimum absolute atomic E-state index is 0.265. The van der Waals surface area contributed by atoms with E-state index in [-0.39, 0.29) is 11.7 Å². The van der Waals surface area contributed by atoms with Gasteiger partial charge in [-0.2, -0.15) is 0 Å². The third-order valence-electron chi connectivity index (χ3n) is 3.57. The summed E-state index contributed by atoms with van der Waals surface area (Å²) in [6, 6.07) is 8.03. The molecule has 0 saturated carbocycles. The minimum atomic E-state index is 0.265. The van der Waals surface area contributed by atoms with Gasteiger partial charge in [-0.05, 0) is 30.9 Å². The van der Waals surface area contributed by atoms with Gasteiger partial charge in [-0.15, -0.1) is 11.3 Å². The number of thiazole rings is 1. The summed E-state index contributed by atoms with van der Waals surface area (Å²) in [6.07, 6.45) is 1.96. The van der Waals surface area contributed by atoms with Gasteiger partial charge in [0.1, 0.15) is 16.5 Å². The molecule has 0 aliphatic carbocycles. The summed E-state index contributed by atoms with van der Waals surface area (Å²) in [5, 5.41) is 2.92. The molecule has 0 fully saturated rings. The fraction of sp³-hybridized carbons (Fsp3) is 0.375. The van der Waals surface area contributed by atoms with E-state index in [0.717, 1.165) is 22.9 Å². The molecule has 0 amide bonds. The molecule has 1 atom stereocenters. The lowest BCUT2D eigenvalue weighted by Gasteiger charge is -2.25. The molecule has 1 aromatic carbocycles. The normalized spacial score (nSPS) is 17.4. The van der Waals surface area contributed by atoms with Crippen LogP contribution in [0.25, 0.3) is 0 Å². The van der Waals surface area contributed by atoms with Crippen LogP contribution in [0, 0.1) is 6.92 Å². The van der Waals surface area contributed by atoms with E-state index >= 15 is 0 Å². The lowest BCUT2D eigenvalue weighted by molar-refractivity contribution is -0.118. The van der Waals surface area contributed by atoms with Crippen molar-refractivity contribution in [2.45, 2.75) is 32.1 Å². The third kappa shape index (κ3) is 2.90. The molecule has 0 spiro atoms. The standard InChI is InChI=1S/C16H17NO2S/c1-11-10-20-16(17-11)9-13(18)8-12-6-7-19-15-5-3-2-4-14(12)15/h2-5,10,12H,6-9H2,1H3. The summed E-state index contributed by atoms with van der Waals surface area (Å²) in [4.78, 5) is 16.6. The molecule has 20 heavy (non-hydrogen) atoms. The first-order valence-electron chi connectivity index (χ1n) is 6.87. The summed E-state index contributed by atoms with van der Waals surface area (Å²) in [5.41, 5.74) is 2.16. The summed E-state index contributed by atoms with van der Waals surface area (Å²) < 4.78 is 5.64. The number of hydrogen-bond donors (Lipinski definition) is 0. The number of aryl methyl sites for hydroxylation is 1. The molecule has 1 unspecified atom stereocenters. The second kappa shape index (κ2) is 5.75. The number of benzene rings is 1. The number of rotatable bonds is 4. The number of hydrogen-bond acceptors (Lipinski definition) is 4. The largest absolute Gasteiger partial charge is 0.493 e. The van der Waals surface area contributed by atoms with Crippen LogP contribution in [0.15, 0.2) is 29.6 Å². The van der Waals surface area contributed by atoms with E-state index in [1.165, 1.54) is 5.56 Å². The highest BCUT2D eigenvalue weighted by molar-refractivity contribution is 7.09. The van der Waals surface area contributed by atoms with Gasteiger partial charge in [0.2, 0.25) is 0 Å². The predicted octanol–water partition coefficient (Wildman–Crippen LogP) is 3.52. The Bertz CT molecular complexity index is 620. The Morgan fingerprint density at radius 3 is 3.10 bits per heavy atom. The fourth-order valence-electron chi connectivity index (χ4n) is 2.63. The lowest BCUT2D eigenvalue weighted by atomic mass is 9.88. The molecule has 3 rings (SSSR count). The van der Waals surface area contributed by atoms with Gasteiger partial charge >= 0.3 is 0 Å². The minimum Gasteiger partial charge on any atom is -0.493 e. The number of ketones is 1. The predicted molar refractivity (Wildman–Crippen MR) is 79.5 cm³/mol. The number of Topliss-reactive ketones (excluding diaryl/α,β-unsaturated/α-hetero) is 1. The first-order valence-corrected chi connectivity index (χ1v) is 7.75. The SMILES string of the molecule is Cc1csc(CC(=O)CC2CCOc3ccccc32)n1. The zero-order valence-corrected chi connectivity index (χ0v) is 12.3. The van der Waals surface area contributed by atoms with Crippen molar-refractivity contribution in [1.29, 1.82) is 0 Å². The number of para-hydroxylation sites is 1. The molecule has 0 radical (unpaired) electrons. The maximum atomic E-state index is 12.2. The van der Waals surface area contributed by atoms with Crippen LogP contribution in [0.3, 0.4) is 0 Å². The molecule has 3 nitrogen and oxygen atoms in total. The molecule has 0 saturated heterocycles. The topological polar surface area (TPSA) is 39.2 Å². The van der Waals surface area contributed by atoms with Crippen molar-refractivity contribution >= 4 is 17.1 Å². The van der Waals surface area contributed by atoms with Crippen LogP contribution in [0.2, 0.25) is 0 Å². The average Bonchev–Trinajstić information content (AvgIpc) is 2.84. The average molecular weight is 287 g/mol. The Kier molecular flexibility index (Phi) is 3.83. The first kappa shape index (κ1) is 13.3. The summed E-state index contributed by atoms with van der Waals surface area (Å²) in [5.74, 6) is 1.48. The van der Waals surface area contributed by atoms with Crippen molar-refractivity contribution in [3.63, 3.8) is 0 Å². The molecule has 4 heteroatoms. The number of ether oxygens (including phenoxy) is 1. The third-order valence-corrected chi connectivity index (χ3v) is 4.54. The molecule has 1 aliphatic heterocycles. The van der Waals surface area contributed by atoms with Crippen LogP contribution >= 0.6 is 11.3 Å². The molecule has 0 bridgehead atoms. The Balaban J connectivity index is 1.68. The van der Waals surface area contributed by atoms with Crippen molar-refractivity contribution in [3.05, 3.63) is 45.9 Å². The van der Waals surface area contributed by atoms with Gasteiger partial charge in [-0.25, -0.2) is 4.98 Å². The van der Waals surface area contributed by atoms with Crippen molar-refractivity contribution in [2.24, 2.45) is 0 Å². The van der Waals surface area contributed by atoms with Gasteiger partial charge in [0.25, 0.3) is 0 Å². The Labute approximate surface area is 122 Å².